The number of hydrogen-bond acceptors (Lipinski definition) is 0. The lowest BCUT2D eigenvalue weighted by Crippen LogP contribution is -1.98. The van der Waals surface area contributed by atoms with Gasteiger partial charge in [0.05, 0.1) is 5.52 Å². The van der Waals surface area contributed by atoms with Crippen LogP contribution >= 0.6 is 0 Å². The Morgan fingerprint density at radius 2 is 1.75 bits per heavy atom. The van der Waals surface area contributed by atoms with E-state index in [0.717, 1.165) is 18.4 Å². The molecule has 1 heteroatoms. The van der Waals surface area contributed by atoms with E-state index in [0.29, 0.717) is 0 Å². The van der Waals surface area contributed by atoms with E-state index >= 15 is 0 Å². The quantitative estimate of drug-likeness (QED) is 0.475. The molecule has 0 spiro atoms. The molecule has 1 heterocycles. The highest BCUT2D eigenvalue weighted by atomic mass is 15.0. The minimum absolute atomic E-state index is 1.03. The fraction of sp³-hybridized carbons (Fsp3) is 0.217. The Balaban J connectivity index is 2.19. The van der Waals surface area contributed by atoms with Gasteiger partial charge in [-0.2, -0.15) is 0 Å². The topological polar surface area (TPSA) is 4.93 Å². The summed E-state index contributed by atoms with van der Waals surface area (Å²) in [5.41, 5.74) is 8.71. The van der Waals surface area contributed by atoms with Gasteiger partial charge in [0.25, 0.3) is 0 Å². The minimum Gasteiger partial charge on any atom is -0.316 e. The Kier molecular flexibility index (Phi) is 4.44. The monoisotopic (exact) mass is 315 g/mol. The van der Waals surface area contributed by atoms with E-state index in [1.54, 1.807) is 0 Å². The lowest BCUT2D eigenvalue weighted by atomic mass is 10.0. The van der Waals surface area contributed by atoms with E-state index in [1.165, 1.54) is 38.9 Å². The van der Waals surface area contributed by atoms with Crippen molar-refractivity contribution in [2.45, 2.75) is 33.6 Å². The molecule has 0 aliphatic rings. The zero-order valence-electron chi connectivity index (χ0n) is 14.9. The molecule has 0 unspecified atom stereocenters. The van der Waals surface area contributed by atoms with Gasteiger partial charge in [-0.3, -0.25) is 0 Å². The lowest BCUT2D eigenvalue weighted by molar-refractivity contribution is 0.944. The van der Waals surface area contributed by atoms with E-state index in [1.807, 2.05) is 0 Å². The summed E-state index contributed by atoms with van der Waals surface area (Å²) in [6.45, 7) is 14.5. The summed E-state index contributed by atoms with van der Waals surface area (Å²) in [5, 5.41) is 1.33. The maximum Gasteiger partial charge on any atom is 0.0531 e. The third-order valence-electron chi connectivity index (χ3n) is 4.64. The van der Waals surface area contributed by atoms with Crippen LogP contribution < -0.4 is 0 Å². The standard InChI is InChI=1S/C23H25N/c1-16(2)13-14-19-15-24(23-11-7-6-9-21(19)23)22-12-8-10-20(17(3)4)18(22)5/h6-12,15H,1,3,13-14H2,2,4-5H3. The Morgan fingerprint density at radius 1 is 1.00 bits per heavy atom. The number of benzene rings is 2. The smallest absolute Gasteiger partial charge is 0.0531 e. The van der Waals surface area contributed by atoms with Crippen molar-refractivity contribution in [1.82, 2.24) is 4.57 Å². The van der Waals surface area contributed by atoms with Crippen LogP contribution in [0.5, 0.6) is 0 Å². The Bertz CT molecular complexity index is 924. The molecule has 24 heavy (non-hydrogen) atoms. The summed E-state index contributed by atoms with van der Waals surface area (Å²) in [5.74, 6) is 0. The molecular formula is C23H25N. The molecule has 3 rings (SSSR count). The summed E-state index contributed by atoms with van der Waals surface area (Å²) in [6, 6.07) is 15.1. The maximum absolute atomic E-state index is 4.12. The van der Waals surface area contributed by atoms with E-state index < -0.39 is 0 Å². The number of fused-ring (bicyclic) bond motifs is 1. The molecular weight excluding hydrogens is 290 g/mol. The predicted octanol–water partition coefficient (Wildman–Crippen LogP) is 6.48. The largest absolute Gasteiger partial charge is 0.316 e. The number of allylic oxidation sites excluding steroid dienone is 2. The van der Waals surface area contributed by atoms with Gasteiger partial charge >= 0.3 is 0 Å². The number of aryl methyl sites for hydroxylation is 1. The molecule has 3 aromatic rings. The highest BCUT2D eigenvalue weighted by Gasteiger charge is 2.12. The lowest BCUT2D eigenvalue weighted by Gasteiger charge is -2.13. The number of para-hydroxylation sites is 1. The van der Waals surface area contributed by atoms with Crippen molar-refractivity contribution in [3.8, 4) is 5.69 Å². The summed E-state index contributed by atoms with van der Waals surface area (Å²) in [7, 11) is 0. The average molecular weight is 315 g/mol. The first-order chi connectivity index (χ1) is 11.5. The van der Waals surface area contributed by atoms with Crippen molar-refractivity contribution >= 4 is 16.5 Å². The van der Waals surface area contributed by atoms with Crippen molar-refractivity contribution in [1.29, 1.82) is 0 Å². The van der Waals surface area contributed by atoms with E-state index in [9.17, 15) is 0 Å². The molecule has 1 aromatic heterocycles. The van der Waals surface area contributed by atoms with Crippen LogP contribution in [0.3, 0.4) is 0 Å². The van der Waals surface area contributed by atoms with Gasteiger partial charge in [0.1, 0.15) is 0 Å². The van der Waals surface area contributed by atoms with Crippen LogP contribution in [0.25, 0.3) is 22.2 Å². The third kappa shape index (κ3) is 2.94. The molecule has 0 saturated heterocycles. The van der Waals surface area contributed by atoms with Crippen LogP contribution in [-0.4, -0.2) is 4.57 Å². The number of aromatic nitrogens is 1. The van der Waals surface area contributed by atoms with Gasteiger partial charge in [-0.05, 0) is 62.4 Å². The van der Waals surface area contributed by atoms with E-state index in [-0.39, 0.29) is 0 Å². The van der Waals surface area contributed by atoms with Gasteiger partial charge in [-0.25, -0.2) is 0 Å². The zero-order valence-corrected chi connectivity index (χ0v) is 14.9. The van der Waals surface area contributed by atoms with Gasteiger partial charge < -0.3 is 4.57 Å². The predicted molar refractivity (Wildman–Crippen MR) is 106 cm³/mol. The number of rotatable bonds is 5. The van der Waals surface area contributed by atoms with E-state index in [4.69, 9.17) is 0 Å². The first-order valence-electron chi connectivity index (χ1n) is 8.48. The highest BCUT2D eigenvalue weighted by molar-refractivity contribution is 5.86. The Hall–Kier alpha value is -2.54. The maximum atomic E-state index is 4.12. The average Bonchev–Trinajstić information content (AvgIpc) is 2.91. The molecule has 0 N–H and O–H groups in total. The fourth-order valence-corrected chi connectivity index (χ4v) is 3.34. The molecule has 122 valence electrons. The fourth-order valence-electron chi connectivity index (χ4n) is 3.34. The molecule has 1 nitrogen and oxygen atoms in total. The van der Waals surface area contributed by atoms with Crippen LogP contribution in [0.4, 0.5) is 0 Å². The van der Waals surface area contributed by atoms with Crippen molar-refractivity contribution in [3.63, 3.8) is 0 Å². The van der Waals surface area contributed by atoms with Gasteiger partial charge in [0.2, 0.25) is 0 Å². The first-order valence-corrected chi connectivity index (χ1v) is 8.48. The first kappa shape index (κ1) is 16.3. The third-order valence-corrected chi connectivity index (χ3v) is 4.64. The molecule has 0 atom stereocenters. The molecule has 2 aromatic carbocycles. The molecule has 0 bridgehead atoms. The van der Waals surface area contributed by atoms with Crippen LogP contribution in [0.1, 0.15) is 37.0 Å². The van der Waals surface area contributed by atoms with Gasteiger partial charge in [0.15, 0.2) is 0 Å². The molecule has 0 aliphatic heterocycles. The van der Waals surface area contributed by atoms with Gasteiger partial charge in [0, 0.05) is 17.3 Å². The number of nitrogens with zero attached hydrogens (tertiary/aromatic N) is 1. The van der Waals surface area contributed by atoms with E-state index in [2.05, 4.69) is 87.2 Å². The normalized spacial score (nSPS) is 11.0. The van der Waals surface area contributed by atoms with Crippen LogP contribution in [0.15, 0.2) is 67.4 Å². The van der Waals surface area contributed by atoms with Crippen molar-refractivity contribution in [2.24, 2.45) is 0 Å². The molecule has 0 amide bonds. The summed E-state index contributed by atoms with van der Waals surface area (Å²) in [6.07, 6.45) is 4.35. The molecule has 0 radical (unpaired) electrons. The summed E-state index contributed by atoms with van der Waals surface area (Å²) >= 11 is 0. The van der Waals surface area contributed by atoms with Crippen LogP contribution in [0, 0.1) is 6.92 Å². The zero-order chi connectivity index (χ0) is 17.3. The number of hydrogen-bond donors (Lipinski definition) is 0. The minimum atomic E-state index is 1.03. The van der Waals surface area contributed by atoms with Crippen molar-refractivity contribution in [2.75, 3.05) is 0 Å². The van der Waals surface area contributed by atoms with Gasteiger partial charge in [-0.15, -0.1) is 6.58 Å². The second kappa shape index (κ2) is 6.52. The second-order valence-electron chi connectivity index (χ2n) is 6.73. The Morgan fingerprint density at radius 3 is 2.46 bits per heavy atom. The van der Waals surface area contributed by atoms with Crippen molar-refractivity contribution in [3.05, 3.63) is 84.1 Å². The highest BCUT2D eigenvalue weighted by Crippen LogP contribution is 2.30. The SMILES string of the molecule is C=C(C)CCc1cn(-c2cccc(C(=C)C)c2C)c2ccccc12. The van der Waals surface area contributed by atoms with Gasteiger partial charge in [-0.1, -0.05) is 48.1 Å². The van der Waals surface area contributed by atoms with Crippen LogP contribution in [0.2, 0.25) is 0 Å². The molecule has 0 fully saturated rings. The summed E-state index contributed by atoms with van der Waals surface area (Å²) < 4.78 is 2.32. The molecule has 0 saturated carbocycles. The second-order valence-corrected chi connectivity index (χ2v) is 6.73. The van der Waals surface area contributed by atoms with Crippen LogP contribution in [-0.2, 0) is 6.42 Å². The molecule has 0 aliphatic carbocycles. The Labute approximate surface area is 144 Å². The summed E-state index contributed by atoms with van der Waals surface area (Å²) in [4.78, 5) is 0. The van der Waals surface area contributed by atoms with Crippen molar-refractivity contribution < 1.29 is 0 Å².